The molecule has 0 aliphatic heterocycles. The maximum absolute atomic E-state index is 11.4. The highest BCUT2D eigenvalue weighted by molar-refractivity contribution is 9.10. The van der Waals surface area contributed by atoms with E-state index in [0.29, 0.717) is 10.3 Å². The van der Waals surface area contributed by atoms with Crippen LogP contribution >= 0.6 is 15.9 Å². The predicted molar refractivity (Wildman–Crippen MR) is 57.7 cm³/mol. The van der Waals surface area contributed by atoms with Gasteiger partial charge in [0, 0.05) is 6.04 Å². The fourth-order valence-corrected chi connectivity index (χ4v) is 1.15. The molecule has 0 fully saturated rings. The molecule has 14 heavy (non-hydrogen) atoms. The predicted octanol–water partition coefficient (Wildman–Crippen LogP) is 1.49. The van der Waals surface area contributed by atoms with E-state index in [-0.39, 0.29) is 11.9 Å². The molecule has 0 aliphatic carbocycles. The SMILES string of the molecule is CC(C)NNC(=O)c1cccc(Br)n1. The number of rotatable bonds is 3. The Morgan fingerprint density at radius 3 is 2.79 bits per heavy atom. The van der Waals surface area contributed by atoms with Crippen molar-refractivity contribution in [1.29, 1.82) is 0 Å². The molecule has 0 aliphatic rings. The smallest absolute Gasteiger partial charge is 0.284 e. The second-order valence-corrected chi connectivity index (χ2v) is 3.91. The molecule has 76 valence electrons. The van der Waals surface area contributed by atoms with Crippen LogP contribution in [0.4, 0.5) is 0 Å². The first kappa shape index (κ1) is 11.1. The molecular formula is C9H12BrN3O. The van der Waals surface area contributed by atoms with Crippen LogP contribution in [0.3, 0.4) is 0 Å². The number of amides is 1. The maximum atomic E-state index is 11.4. The molecule has 1 aromatic heterocycles. The first-order valence-corrected chi connectivity index (χ1v) is 5.07. The highest BCUT2D eigenvalue weighted by atomic mass is 79.9. The Morgan fingerprint density at radius 1 is 1.50 bits per heavy atom. The lowest BCUT2D eigenvalue weighted by Crippen LogP contribution is -2.41. The topological polar surface area (TPSA) is 54.0 Å². The maximum Gasteiger partial charge on any atom is 0.284 e. The molecule has 0 unspecified atom stereocenters. The third kappa shape index (κ3) is 3.43. The fraction of sp³-hybridized carbons (Fsp3) is 0.333. The van der Waals surface area contributed by atoms with Crippen molar-refractivity contribution in [3.8, 4) is 0 Å². The molecular weight excluding hydrogens is 246 g/mol. The summed E-state index contributed by atoms with van der Waals surface area (Å²) in [6, 6.07) is 5.39. The van der Waals surface area contributed by atoms with Gasteiger partial charge in [-0.3, -0.25) is 10.2 Å². The minimum Gasteiger partial charge on any atom is -0.286 e. The Kier molecular flexibility index (Phi) is 4.03. The van der Waals surface area contributed by atoms with E-state index < -0.39 is 0 Å². The van der Waals surface area contributed by atoms with E-state index >= 15 is 0 Å². The molecule has 1 amide bonds. The second kappa shape index (κ2) is 5.07. The van der Waals surface area contributed by atoms with Gasteiger partial charge in [-0.1, -0.05) is 6.07 Å². The molecule has 4 nitrogen and oxygen atoms in total. The van der Waals surface area contributed by atoms with Crippen molar-refractivity contribution in [2.45, 2.75) is 19.9 Å². The Hall–Kier alpha value is -0.940. The highest BCUT2D eigenvalue weighted by Gasteiger charge is 2.06. The van der Waals surface area contributed by atoms with Crippen molar-refractivity contribution in [3.05, 3.63) is 28.5 Å². The summed E-state index contributed by atoms with van der Waals surface area (Å²) in [6.45, 7) is 3.88. The van der Waals surface area contributed by atoms with Crippen molar-refractivity contribution in [2.24, 2.45) is 0 Å². The number of carbonyl (C=O) groups is 1. The Morgan fingerprint density at radius 2 is 2.21 bits per heavy atom. The minimum absolute atomic E-state index is 0.200. The Labute approximate surface area is 91.2 Å². The average Bonchev–Trinajstić information content (AvgIpc) is 2.14. The number of nitrogens with one attached hydrogen (secondary N) is 2. The normalized spacial score (nSPS) is 10.3. The zero-order chi connectivity index (χ0) is 10.6. The first-order chi connectivity index (χ1) is 6.59. The van der Waals surface area contributed by atoms with Crippen LogP contribution in [0.2, 0.25) is 0 Å². The molecule has 0 atom stereocenters. The fourth-order valence-electron chi connectivity index (χ4n) is 0.809. The van der Waals surface area contributed by atoms with Crippen molar-refractivity contribution >= 4 is 21.8 Å². The number of hydrogen-bond donors (Lipinski definition) is 2. The molecule has 0 radical (unpaired) electrons. The van der Waals surface area contributed by atoms with Gasteiger partial charge in [-0.2, -0.15) is 0 Å². The van der Waals surface area contributed by atoms with E-state index in [2.05, 4.69) is 31.8 Å². The molecule has 2 N–H and O–H groups in total. The number of hydrazine groups is 1. The molecule has 5 heteroatoms. The van der Waals surface area contributed by atoms with Gasteiger partial charge in [-0.05, 0) is 41.9 Å². The number of carbonyl (C=O) groups excluding carboxylic acids is 1. The lowest BCUT2D eigenvalue weighted by atomic mass is 10.3. The van der Waals surface area contributed by atoms with Gasteiger partial charge in [0.2, 0.25) is 0 Å². The van der Waals surface area contributed by atoms with Crippen LogP contribution in [-0.4, -0.2) is 16.9 Å². The number of aromatic nitrogens is 1. The van der Waals surface area contributed by atoms with Crippen LogP contribution in [0.1, 0.15) is 24.3 Å². The van der Waals surface area contributed by atoms with Gasteiger partial charge in [-0.15, -0.1) is 0 Å². The summed E-state index contributed by atoms with van der Waals surface area (Å²) in [5.74, 6) is -0.236. The van der Waals surface area contributed by atoms with Gasteiger partial charge in [0.15, 0.2) is 0 Å². The Balaban J connectivity index is 2.61. The molecule has 0 spiro atoms. The third-order valence-electron chi connectivity index (χ3n) is 1.42. The van der Waals surface area contributed by atoms with Crippen molar-refractivity contribution in [2.75, 3.05) is 0 Å². The van der Waals surface area contributed by atoms with Crippen LogP contribution in [-0.2, 0) is 0 Å². The summed E-state index contributed by atoms with van der Waals surface area (Å²) >= 11 is 3.20. The standard InChI is InChI=1S/C9H12BrN3O/c1-6(2)12-13-9(14)7-4-3-5-8(10)11-7/h3-6,12H,1-2H3,(H,13,14). The van der Waals surface area contributed by atoms with Crippen LogP contribution in [0.15, 0.2) is 22.8 Å². The quantitative estimate of drug-likeness (QED) is 0.638. The minimum atomic E-state index is -0.236. The summed E-state index contributed by atoms with van der Waals surface area (Å²) in [7, 11) is 0. The van der Waals surface area contributed by atoms with Crippen LogP contribution in [0, 0.1) is 0 Å². The molecule has 1 rings (SSSR count). The molecule has 0 aromatic carbocycles. The molecule has 1 aromatic rings. The van der Waals surface area contributed by atoms with E-state index in [0.717, 1.165) is 0 Å². The van der Waals surface area contributed by atoms with Gasteiger partial charge in [0.05, 0.1) is 0 Å². The zero-order valence-corrected chi connectivity index (χ0v) is 9.63. The van der Waals surface area contributed by atoms with Crippen molar-refractivity contribution in [1.82, 2.24) is 15.8 Å². The highest BCUT2D eigenvalue weighted by Crippen LogP contribution is 2.05. The lowest BCUT2D eigenvalue weighted by molar-refractivity contribution is 0.0922. The molecule has 0 saturated heterocycles. The second-order valence-electron chi connectivity index (χ2n) is 3.10. The summed E-state index contributed by atoms with van der Waals surface area (Å²) < 4.78 is 0.648. The number of halogens is 1. The van der Waals surface area contributed by atoms with Gasteiger partial charge >= 0.3 is 0 Å². The lowest BCUT2D eigenvalue weighted by Gasteiger charge is -2.09. The summed E-state index contributed by atoms with van der Waals surface area (Å²) in [4.78, 5) is 15.5. The van der Waals surface area contributed by atoms with Crippen molar-refractivity contribution < 1.29 is 4.79 Å². The van der Waals surface area contributed by atoms with Gasteiger partial charge in [-0.25, -0.2) is 10.4 Å². The van der Waals surface area contributed by atoms with Gasteiger partial charge < -0.3 is 0 Å². The van der Waals surface area contributed by atoms with E-state index in [1.807, 2.05) is 13.8 Å². The molecule has 1 heterocycles. The third-order valence-corrected chi connectivity index (χ3v) is 1.86. The first-order valence-electron chi connectivity index (χ1n) is 4.28. The molecule has 0 saturated carbocycles. The largest absolute Gasteiger partial charge is 0.286 e. The van der Waals surface area contributed by atoms with E-state index in [9.17, 15) is 4.79 Å². The average molecular weight is 258 g/mol. The summed E-state index contributed by atoms with van der Waals surface area (Å²) in [6.07, 6.45) is 0. The van der Waals surface area contributed by atoms with Gasteiger partial charge in [0.25, 0.3) is 5.91 Å². The van der Waals surface area contributed by atoms with E-state index in [1.54, 1.807) is 18.2 Å². The van der Waals surface area contributed by atoms with Crippen LogP contribution in [0.5, 0.6) is 0 Å². The number of nitrogens with zero attached hydrogens (tertiary/aromatic N) is 1. The van der Waals surface area contributed by atoms with E-state index in [4.69, 9.17) is 0 Å². The Bertz CT molecular complexity index is 328. The zero-order valence-electron chi connectivity index (χ0n) is 8.04. The number of hydrogen-bond acceptors (Lipinski definition) is 3. The van der Waals surface area contributed by atoms with Crippen molar-refractivity contribution in [3.63, 3.8) is 0 Å². The molecule has 0 bridgehead atoms. The number of pyridine rings is 1. The summed E-state index contributed by atoms with van der Waals surface area (Å²) in [5.41, 5.74) is 5.74. The van der Waals surface area contributed by atoms with Gasteiger partial charge in [0.1, 0.15) is 10.3 Å². The monoisotopic (exact) mass is 257 g/mol. The van der Waals surface area contributed by atoms with Crippen LogP contribution < -0.4 is 10.9 Å². The van der Waals surface area contributed by atoms with E-state index in [1.165, 1.54) is 0 Å². The summed E-state index contributed by atoms with van der Waals surface area (Å²) in [5, 5.41) is 0. The van der Waals surface area contributed by atoms with Crippen LogP contribution in [0.25, 0.3) is 0 Å².